The van der Waals surface area contributed by atoms with Gasteiger partial charge in [-0.2, -0.15) is 0 Å². The monoisotopic (exact) mass is 365 g/mol. The van der Waals surface area contributed by atoms with Crippen molar-refractivity contribution < 1.29 is 22.9 Å². The van der Waals surface area contributed by atoms with Gasteiger partial charge < -0.3 is 10.1 Å². The van der Waals surface area contributed by atoms with Crippen molar-refractivity contribution in [1.82, 2.24) is 0 Å². The van der Waals surface area contributed by atoms with Gasteiger partial charge in [0.2, 0.25) is 5.91 Å². The Morgan fingerprint density at radius 3 is 2.32 bits per heavy atom. The van der Waals surface area contributed by atoms with E-state index in [4.69, 9.17) is 4.74 Å². The van der Waals surface area contributed by atoms with Crippen LogP contribution < -0.4 is 14.8 Å². The second-order valence-corrected chi connectivity index (χ2v) is 6.64. The minimum atomic E-state index is -4.00. The number of rotatable bonds is 6. The number of sulfonamides is 1. The fourth-order valence-corrected chi connectivity index (χ4v) is 3.08. The highest BCUT2D eigenvalue weighted by Crippen LogP contribution is 2.30. The van der Waals surface area contributed by atoms with Gasteiger partial charge in [-0.1, -0.05) is 0 Å². The number of nitro benzene ring substituents is 1. The van der Waals surface area contributed by atoms with Crippen LogP contribution in [0.25, 0.3) is 0 Å². The molecule has 10 heteroatoms. The maximum absolute atomic E-state index is 12.5. The predicted octanol–water partition coefficient (Wildman–Crippen LogP) is 2.36. The molecule has 0 heterocycles. The molecule has 0 saturated heterocycles. The summed E-state index contributed by atoms with van der Waals surface area (Å²) in [6.07, 6.45) is 0. The van der Waals surface area contributed by atoms with Crippen LogP contribution in [0.3, 0.4) is 0 Å². The third-order valence-electron chi connectivity index (χ3n) is 3.12. The van der Waals surface area contributed by atoms with Gasteiger partial charge in [0, 0.05) is 24.7 Å². The second-order valence-electron chi connectivity index (χ2n) is 4.95. The van der Waals surface area contributed by atoms with E-state index in [1.807, 2.05) is 0 Å². The molecule has 0 radical (unpaired) electrons. The number of nitrogens with zero attached hydrogens (tertiary/aromatic N) is 1. The van der Waals surface area contributed by atoms with Gasteiger partial charge in [-0.05, 0) is 30.3 Å². The highest BCUT2D eigenvalue weighted by molar-refractivity contribution is 7.92. The molecule has 2 aromatic carbocycles. The molecular formula is C15H15N3O6S. The van der Waals surface area contributed by atoms with E-state index in [1.54, 1.807) is 6.07 Å². The maximum atomic E-state index is 12.5. The van der Waals surface area contributed by atoms with Gasteiger partial charge in [-0.25, -0.2) is 8.42 Å². The first kappa shape index (κ1) is 18.2. The normalized spacial score (nSPS) is 10.8. The third kappa shape index (κ3) is 4.44. The number of hydrogen-bond acceptors (Lipinski definition) is 6. The highest BCUT2D eigenvalue weighted by atomic mass is 32.2. The minimum Gasteiger partial charge on any atom is -0.495 e. The van der Waals surface area contributed by atoms with E-state index < -0.39 is 14.9 Å². The van der Waals surface area contributed by atoms with Gasteiger partial charge >= 0.3 is 0 Å². The Kier molecular flexibility index (Phi) is 5.22. The Hall–Kier alpha value is -3.14. The van der Waals surface area contributed by atoms with Gasteiger partial charge in [0.25, 0.3) is 15.7 Å². The van der Waals surface area contributed by atoms with Crippen molar-refractivity contribution >= 4 is 33.0 Å². The summed E-state index contributed by atoms with van der Waals surface area (Å²) in [6, 6.07) is 8.92. The lowest BCUT2D eigenvalue weighted by atomic mass is 10.2. The molecule has 0 saturated carbocycles. The lowest BCUT2D eigenvalue weighted by molar-refractivity contribution is -0.384. The third-order valence-corrected chi connectivity index (χ3v) is 4.50. The van der Waals surface area contributed by atoms with E-state index in [0.717, 1.165) is 24.3 Å². The topological polar surface area (TPSA) is 128 Å². The number of benzene rings is 2. The van der Waals surface area contributed by atoms with E-state index in [0.29, 0.717) is 5.69 Å². The average Bonchev–Trinajstić information content (AvgIpc) is 2.54. The van der Waals surface area contributed by atoms with E-state index in [9.17, 15) is 23.3 Å². The Morgan fingerprint density at radius 2 is 1.80 bits per heavy atom. The molecule has 0 unspecified atom stereocenters. The van der Waals surface area contributed by atoms with Crippen molar-refractivity contribution in [3.8, 4) is 5.75 Å². The largest absolute Gasteiger partial charge is 0.495 e. The molecule has 0 aliphatic rings. The van der Waals surface area contributed by atoms with Crippen molar-refractivity contribution in [2.75, 3.05) is 17.1 Å². The quantitative estimate of drug-likeness (QED) is 0.597. The summed E-state index contributed by atoms with van der Waals surface area (Å²) in [6.45, 7) is 1.32. The fourth-order valence-electron chi connectivity index (χ4n) is 2.02. The first-order valence-electron chi connectivity index (χ1n) is 6.96. The van der Waals surface area contributed by atoms with Crippen LogP contribution in [-0.4, -0.2) is 26.4 Å². The van der Waals surface area contributed by atoms with Crippen molar-refractivity contribution in [2.45, 2.75) is 11.8 Å². The molecule has 2 rings (SSSR count). The van der Waals surface area contributed by atoms with Crippen LogP contribution >= 0.6 is 0 Å². The lowest BCUT2D eigenvalue weighted by Gasteiger charge is -2.13. The molecule has 132 valence electrons. The molecule has 0 aromatic heterocycles. The average molecular weight is 365 g/mol. The van der Waals surface area contributed by atoms with Gasteiger partial charge in [0.05, 0.1) is 22.6 Å². The van der Waals surface area contributed by atoms with Crippen LogP contribution in [-0.2, 0) is 14.8 Å². The zero-order valence-corrected chi connectivity index (χ0v) is 14.2. The van der Waals surface area contributed by atoms with Crippen LogP contribution in [0.4, 0.5) is 17.1 Å². The molecule has 0 spiro atoms. The minimum absolute atomic E-state index is 0.118. The molecule has 0 bridgehead atoms. The van der Waals surface area contributed by atoms with Crippen LogP contribution in [0, 0.1) is 10.1 Å². The SMILES string of the molecule is COc1ccc(NC(C)=O)cc1NS(=O)(=O)c1ccc([N+](=O)[O-])cc1. The first-order valence-corrected chi connectivity index (χ1v) is 8.44. The van der Waals surface area contributed by atoms with Crippen molar-refractivity contribution in [3.63, 3.8) is 0 Å². The summed E-state index contributed by atoms with van der Waals surface area (Å²) in [5.74, 6) is -0.0612. The van der Waals surface area contributed by atoms with E-state index >= 15 is 0 Å². The fraction of sp³-hybridized carbons (Fsp3) is 0.133. The van der Waals surface area contributed by atoms with Gasteiger partial charge in [-0.3, -0.25) is 19.6 Å². The molecular weight excluding hydrogens is 350 g/mol. The number of hydrogen-bond donors (Lipinski definition) is 2. The Bertz CT molecular complexity index is 909. The number of carbonyl (C=O) groups excluding carboxylic acids is 1. The molecule has 0 fully saturated rings. The van der Waals surface area contributed by atoms with Crippen LogP contribution in [0.1, 0.15) is 6.92 Å². The second kappa shape index (κ2) is 7.18. The summed E-state index contributed by atoms with van der Waals surface area (Å²) in [4.78, 5) is 21.0. The van der Waals surface area contributed by atoms with Crippen LogP contribution in [0.15, 0.2) is 47.4 Å². The van der Waals surface area contributed by atoms with E-state index in [2.05, 4.69) is 10.0 Å². The zero-order chi connectivity index (χ0) is 18.6. The number of amides is 1. The smallest absolute Gasteiger partial charge is 0.269 e. The van der Waals surface area contributed by atoms with Crippen LogP contribution in [0.5, 0.6) is 5.75 Å². The van der Waals surface area contributed by atoms with Crippen molar-refractivity contribution in [2.24, 2.45) is 0 Å². The number of non-ortho nitro benzene ring substituents is 1. The molecule has 0 aliphatic heterocycles. The zero-order valence-electron chi connectivity index (χ0n) is 13.3. The molecule has 25 heavy (non-hydrogen) atoms. The summed E-state index contributed by atoms with van der Waals surface area (Å²) >= 11 is 0. The maximum Gasteiger partial charge on any atom is 0.269 e. The predicted molar refractivity (Wildman–Crippen MR) is 91.2 cm³/mol. The van der Waals surface area contributed by atoms with Crippen LogP contribution in [0.2, 0.25) is 0 Å². The van der Waals surface area contributed by atoms with Crippen molar-refractivity contribution in [3.05, 3.63) is 52.6 Å². The molecule has 0 atom stereocenters. The number of ether oxygens (including phenoxy) is 1. The molecule has 0 aliphatic carbocycles. The molecule has 2 N–H and O–H groups in total. The highest BCUT2D eigenvalue weighted by Gasteiger charge is 2.18. The van der Waals surface area contributed by atoms with Gasteiger partial charge in [0.15, 0.2) is 0 Å². The Balaban J connectivity index is 2.35. The standard InChI is InChI=1S/C15H15N3O6S/c1-10(19)16-11-3-8-15(24-2)14(9-11)17-25(22,23)13-6-4-12(5-7-13)18(20)21/h3-9,17H,1-2H3,(H,16,19). The number of methoxy groups -OCH3 is 1. The number of nitrogens with one attached hydrogen (secondary N) is 2. The summed E-state index contributed by atoms with van der Waals surface area (Å²) < 4.78 is 32.4. The van der Waals surface area contributed by atoms with Crippen molar-refractivity contribution in [1.29, 1.82) is 0 Å². The summed E-state index contributed by atoms with van der Waals surface area (Å²) in [5, 5.41) is 13.2. The van der Waals surface area contributed by atoms with Gasteiger partial charge in [-0.15, -0.1) is 0 Å². The summed E-state index contributed by atoms with van der Waals surface area (Å²) in [5.41, 5.74) is 0.283. The number of nitro groups is 1. The molecule has 9 nitrogen and oxygen atoms in total. The lowest BCUT2D eigenvalue weighted by Crippen LogP contribution is -2.14. The van der Waals surface area contributed by atoms with E-state index in [1.165, 1.54) is 26.2 Å². The first-order chi connectivity index (χ1) is 11.7. The molecule has 2 aromatic rings. The Morgan fingerprint density at radius 1 is 1.16 bits per heavy atom. The van der Waals surface area contributed by atoms with Gasteiger partial charge in [0.1, 0.15) is 5.75 Å². The molecule has 1 amide bonds. The van der Waals surface area contributed by atoms with E-state index in [-0.39, 0.29) is 27.9 Å². The number of carbonyl (C=O) groups is 1. The Labute approximate surface area is 143 Å². The number of anilines is 2. The summed E-state index contributed by atoms with van der Waals surface area (Å²) in [7, 11) is -2.63.